The van der Waals surface area contributed by atoms with Crippen molar-refractivity contribution >= 4 is 51.4 Å². The van der Waals surface area contributed by atoms with Crippen LogP contribution < -0.4 is 33.2 Å². The van der Waals surface area contributed by atoms with Gasteiger partial charge in [-0.25, -0.2) is 4.79 Å². The number of nitrogens with one attached hydrogen (secondary N) is 5. The molecular weight excluding hydrogens is 604 g/mol. The summed E-state index contributed by atoms with van der Waals surface area (Å²) in [5.74, 6) is -3.86. The molecule has 4 rings (SSSR count). The van der Waals surface area contributed by atoms with Crippen molar-refractivity contribution in [1.82, 2.24) is 25.9 Å². The molecule has 0 bridgehead atoms. The highest BCUT2D eigenvalue weighted by molar-refractivity contribution is 5.95. The largest absolute Gasteiger partial charge is 0.480 e. The highest BCUT2D eigenvalue weighted by Gasteiger charge is 2.31. The molecule has 0 aliphatic carbocycles. The van der Waals surface area contributed by atoms with Crippen molar-refractivity contribution in [2.45, 2.75) is 69.1 Å². The van der Waals surface area contributed by atoms with E-state index in [1.807, 2.05) is 48.5 Å². The molecule has 0 spiro atoms. The average Bonchev–Trinajstić information content (AvgIpc) is 3.66. The van der Waals surface area contributed by atoms with Gasteiger partial charge in [0.15, 0.2) is 0 Å². The predicted octanol–water partition coefficient (Wildman–Crippen LogP) is 0.695. The number of carboxylic acids is 1. The van der Waals surface area contributed by atoms with Crippen LogP contribution in [0.25, 0.3) is 21.8 Å². The van der Waals surface area contributed by atoms with E-state index in [1.54, 1.807) is 12.4 Å². The molecule has 2 heterocycles. The van der Waals surface area contributed by atoms with Gasteiger partial charge in [0.25, 0.3) is 0 Å². The smallest absolute Gasteiger partial charge is 0.326 e. The van der Waals surface area contributed by atoms with E-state index in [-0.39, 0.29) is 32.1 Å². The minimum Gasteiger partial charge on any atom is -0.480 e. The fraction of sp³-hybridized carbons (Fsp3) is 0.364. The fourth-order valence-electron chi connectivity index (χ4n) is 5.46. The lowest BCUT2D eigenvalue weighted by molar-refractivity contribution is -0.142. The molecule has 2 aromatic carbocycles. The number of nitrogens with two attached hydrogens (primary N) is 3. The monoisotopic (exact) mass is 646 g/mol. The highest BCUT2D eigenvalue weighted by Crippen LogP contribution is 2.21. The maximum absolute atomic E-state index is 13.8. The van der Waals surface area contributed by atoms with Gasteiger partial charge in [0.2, 0.25) is 23.6 Å². The van der Waals surface area contributed by atoms with Gasteiger partial charge in [0, 0.05) is 53.5 Å². The van der Waals surface area contributed by atoms with E-state index in [4.69, 9.17) is 17.2 Å². The molecule has 47 heavy (non-hydrogen) atoms. The number of carboxylic acid groups (broad SMARTS) is 1. The third-order valence-corrected chi connectivity index (χ3v) is 8.06. The first-order valence-electron chi connectivity index (χ1n) is 15.5. The number of rotatable bonds is 18. The number of fused-ring (bicyclic) bond motifs is 2. The Morgan fingerprint density at radius 3 is 1.77 bits per heavy atom. The molecular formula is C33H42N8O6. The summed E-state index contributed by atoms with van der Waals surface area (Å²) < 4.78 is 0. The molecule has 0 saturated heterocycles. The first kappa shape index (κ1) is 34.7. The second-order valence-corrected chi connectivity index (χ2v) is 11.5. The summed E-state index contributed by atoms with van der Waals surface area (Å²) in [5.41, 5.74) is 19.9. The standard InChI is InChI=1S/C33H42N8O6/c34-14-6-5-11-26(39-30(43)23(35)12-13-29(36)42)31(44)40-27(15-19-17-37-24-9-3-1-7-21(19)24)32(45)41-28(33(46)47)16-20-18-38-25-10-4-2-8-22(20)25/h1-4,7-10,17-18,23,26-28,37-38H,5-6,11-16,34-35H2,(H2,36,42)(H,39,43)(H,40,44)(H,41,45)(H,46,47). The lowest BCUT2D eigenvalue weighted by atomic mass is 10.0. The highest BCUT2D eigenvalue weighted by atomic mass is 16.4. The number of aliphatic carboxylic acids is 1. The molecule has 14 heteroatoms. The number of para-hydroxylation sites is 2. The van der Waals surface area contributed by atoms with Gasteiger partial charge in [-0.2, -0.15) is 0 Å². The SMILES string of the molecule is NCCCCC(NC(=O)C(N)CCC(N)=O)C(=O)NC(Cc1c[nH]c2ccccc12)C(=O)NC(Cc1c[nH]c2ccccc12)C(=O)O. The van der Waals surface area contributed by atoms with Crippen molar-refractivity contribution in [3.8, 4) is 0 Å². The van der Waals surface area contributed by atoms with Crippen LogP contribution in [0.15, 0.2) is 60.9 Å². The second-order valence-electron chi connectivity index (χ2n) is 11.5. The van der Waals surface area contributed by atoms with Crippen LogP contribution in [0.3, 0.4) is 0 Å². The van der Waals surface area contributed by atoms with Crippen molar-refractivity contribution in [2.75, 3.05) is 6.54 Å². The molecule has 0 radical (unpaired) electrons. The van der Waals surface area contributed by atoms with Crippen molar-refractivity contribution in [3.05, 3.63) is 72.1 Å². The zero-order valence-corrected chi connectivity index (χ0v) is 26.0. The summed E-state index contributed by atoms with van der Waals surface area (Å²) in [5, 5.41) is 19.7. The third-order valence-electron chi connectivity index (χ3n) is 8.06. The first-order chi connectivity index (χ1) is 22.6. The molecule has 0 fully saturated rings. The molecule has 2 aromatic heterocycles. The van der Waals surface area contributed by atoms with Gasteiger partial charge in [0.05, 0.1) is 6.04 Å². The number of hydrogen-bond donors (Lipinski definition) is 9. The topological polar surface area (TPSA) is 251 Å². The van der Waals surface area contributed by atoms with Crippen LogP contribution in [0.5, 0.6) is 0 Å². The summed E-state index contributed by atoms with van der Waals surface area (Å²) in [7, 11) is 0. The number of aromatic nitrogens is 2. The van der Waals surface area contributed by atoms with Gasteiger partial charge in [-0.05, 0) is 55.5 Å². The normalized spacial score (nSPS) is 13.8. The summed E-state index contributed by atoms with van der Waals surface area (Å²) in [4.78, 5) is 70.2. The molecule has 4 amide bonds. The van der Waals surface area contributed by atoms with Gasteiger partial charge in [-0.1, -0.05) is 36.4 Å². The summed E-state index contributed by atoms with van der Waals surface area (Å²) in [6.45, 7) is 0.374. The zero-order valence-electron chi connectivity index (χ0n) is 26.0. The van der Waals surface area contributed by atoms with Crippen molar-refractivity contribution < 1.29 is 29.1 Å². The Kier molecular flexibility index (Phi) is 12.1. The molecule has 12 N–H and O–H groups in total. The lowest BCUT2D eigenvalue weighted by Crippen LogP contribution is -2.57. The number of H-pyrrole nitrogens is 2. The Bertz CT molecular complexity index is 1720. The zero-order chi connectivity index (χ0) is 33.9. The number of benzene rings is 2. The number of unbranched alkanes of at least 4 members (excludes halogenated alkanes) is 1. The molecule has 0 aliphatic rings. The molecule has 4 atom stereocenters. The van der Waals surface area contributed by atoms with Crippen molar-refractivity contribution in [2.24, 2.45) is 17.2 Å². The number of hydrogen-bond acceptors (Lipinski definition) is 7. The maximum atomic E-state index is 13.8. The minimum absolute atomic E-state index is 0.000198. The second kappa shape index (κ2) is 16.4. The van der Waals surface area contributed by atoms with E-state index in [0.717, 1.165) is 27.4 Å². The first-order valence-corrected chi connectivity index (χ1v) is 15.5. The molecule has 4 aromatic rings. The minimum atomic E-state index is -1.30. The van der Waals surface area contributed by atoms with Crippen LogP contribution in [0.2, 0.25) is 0 Å². The van der Waals surface area contributed by atoms with Crippen molar-refractivity contribution in [3.63, 3.8) is 0 Å². The number of primary amides is 1. The quantitative estimate of drug-likeness (QED) is 0.0694. The van der Waals surface area contributed by atoms with Crippen LogP contribution >= 0.6 is 0 Å². The summed E-state index contributed by atoms with van der Waals surface area (Å²) >= 11 is 0. The van der Waals surface area contributed by atoms with Crippen LogP contribution in [-0.2, 0) is 36.8 Å². The third kappa shape index (κ3) is 9.40. The maximum Gasteiger partial charge on any atom is 0.326 e. The Balaban J connectivity index is 1.57. The van der Waals surface area contributed by atoms with E-state index < -0.39 is 53.8 Å². The number of aromatic amines is 2. The van der Waals surface area contributed by atoms with E-state index >= 15 is 0 Å². The average molecular weight is 647 g/mol. The van der Waals surface area contributed by atoms with Crippen LogP contribution in [0.1, 0.15) is 43.2 Å². The molecule has 0 saturated carbocycles. The van der Waals surface area contributed by atoms with E-state index in [2.05, 4.69) is 25.9 Å². The van der Waals surface area contributed by atoms with Crippen molar-refractivity contribution in [1.29, 1.82) is 0 Å². The molecule has 0 aliphatic heterocycles. The number of carbonyl (C=O) groups is 5. The van der Waals surface area contributed by atoms with Gasteiger partial charge in [-0.15, -0.1) is 0 Å². The van der Waals surface area contributed by atoms with E-state index in [9.17, 15) is 29.1 Å². The fourth-order valence-corrected chi connectivity index (χ4v) is 5.46. The van der Waals surface area contributed by atoms with Crippen LogP contribution in [-0.4, -0.2) is 75.4 Å². The summed E-state index contributed by atoms with van der Waals surface area (Å²) in [6.07, 6.45) is 4.65. The van der Waals surface area contributed by atoms with E-state index in [1.165, 1.54) is 0 Å². The Hall–Kier alpha value is -5.21. The summed E-state index contributed by atoms with van der Waals surface area (Å²) in [6, 6.07) is 10.2. The predicted molar refractivity (Wildman–Crippen MR) is 177 cm³/mol. The Morgan fingerprint density at radius 1 is 0.702 bits per heavy atom. The van der Waals surface area contributed by atoms with Crippen LogP contribution in [0.4, 0.5) is 0 Å². The van der Waals surface area contributed by atoms with Crippen LogP contribution in [0, 0.1) is 0 Å². The van der Waals surface area contributed by atoms with Gasteiger partial charge >= 0.3 is 5.97 Å². The molecule has 250 valence electrons. The van der Waals surface area contributed by atoms with Gasteiger partial charge < -0.3 is 48.2 Å². The number of carbonyl (C=O) groups excluding carboxylic acids is 4. The van der Waals surface area contributed by atoms with E-state index in [0.29, 0.717) is 24.9 Å². The molecule has 14 nitrogen and oxygen atoms in total. The van der Waals surface area contributed by atoms with Gasteiger partial charge in [-0.3, -0.25) is 19.2 Å². The molecule has 4 unspecified atom stereocenters. The Labute approximate surface area is 271 Å². The van der Waals surface area contributed by atoms with Gasteiger partial charge in [0.1, 0.15) is 18.1 Å². The number of amides is 4. The Morgan fingerprint density at radius 2 is 1.21 bits per heavy atom. The lowest BCUT2D eigenvalue weighted by Gasteiger charge is -2.25.